The summed E-state index contributed by atoms with van der Waals surface area (Å²) in [5, 5.41) is 3.42. The van der Waals surface area contributed by atoms with Crippen molar-refractivity contribution in [1.82, 2.24) is 5.32 Å². The Kier molecular flexibility index (Phi) is 7.51. The van der Waals surface area contributed by atoms with Crippen LogP contribution in [0.3, 0.4) is 0 Å². The summed E-state index contributed by atoms with van der Waals surface area (Å²) in [6.45, 7) is 9.23. The molecule has 2 nitrogen and oxygen atoms in total. The van der Waals surface area contributed by atoms with E-state index in [4.69, 9.17) is 4.74 Å². The van der Waals surface area contributed by atoms with Crippen LogP contribution in [0, 0.1) is 13.8 Å². The van der Waals surface area contributed by atoms with Crippen LogP contribution >= 0.6 is 0 Å². The molecule has 0 fully saturated rings. The van der Waals surface area contributed by atoms with Gasteiger partial charge in [0.1, 0.15) is 12.4 Å². The van der Waals surface area contributed by atoms with Crippen LogP contribution in [0.5, 0.6) is 5.75 Å². The zero-order valence-corrected chi connectivity index (χ0v) is 12.1. The Bertz CT molecular complexity index is 336. The van der Waals surface area contributed by atoms with Gasteiger partial charge >= 0.3 is 0 Å². The first-order chi connectivity index (χ1) is 8.74. The first-order valence-corrected chi connectivity index (χ1v) is 7.15. The summed E-state index contributed by atoms with van der Waals surface area (Å²) in [5.74, 6) is 1.01. The van der Waals surface area contributed by atoms with Crippen molar-refractivity contribution in [2.45, 2.75) is 46.5 Å². The SMILES string of the molecule is CCCCCCNCCOc1ccc(C)cc1C. The summed E-state index contributed by atoms with van der Waals surface area (Å²) < 4.78 is 5.76. The highest BCUT2D eigenvalue weighted by molar-refractivity contribution is 5.35. The molecule has 1 aromatic rings. The maximum atomic E-state index is 5.76. The van der Waals surface area contributed by atoms with E-state index in [9.17, 15) is 0 Å². The monoisotopic (exact) mass is 249 g/mol. The van der Waals surface area contributed by atoms with E-state index in [1.54, 1.807) is 0 Å². The van der Waals surface area contributed by atoms with E-state index in [0.29, 0.717) is 0 Å². The van der Waals surface area contributed by atoms with E-state index in [1.165, 1.54) is 36.8 Å². The fraction of sp³-hybridized carbons (Fsp3) is 0.625. The Morgan fingerprint density at radius 3 is 2.61 bits per heavy atom. The molecular weight excluding hydrogens is 222 g/mol. The Hall–Kier alpha value is -1.02. The van der Waals surface area contributed by atoms with Gasteiger partial charge in [-0.2, -0.15) is 0 Å². The fourth-order valence-corrected chi connectivity index (χ4v) is 2.00. The molecule has 0 saturated carbocycles. The van der Waals surface area contributed by atoms with Crippen LogP contribution in [0.2, 0.25) is 0 Å². The van der Waals surface area contributed by atoms with Gasteiger partial charge in [-0.15, -0.1) is 0 Å². The van der Waals surface area contributed by atoms with Crippen LogP contribution < -0.4 is 10.1 Å². The first-order valence-electron chi connectivity index (χ1n) is 7.15. The van der Waals surface area contributed by atoms with E-state index in [2.05, 4.69) is 44.3 Å². The lowest BCUT2D eigenvalue weighted by Crippen LogP contribution is -2.22. The zero-order chi connectivity index (χ0) is 13.2. The standard InChI is InChI=1S/C16H27NO/c1-4-5-6-7-10-17-11-12-18-16-9-8-14(2)13-15(16)3/h8-9,13,17H,4-7,10-12H2,1-3H3. The third-order valence-electron chi connectivity index (χ3n) is 3.07. The van der Waals surface area contributed by atoms with Crippen LogP contribution in [-0.2, 0) is 0 Å². The molecule has 0 heterocycles. The van der Waals surface area contributed by atoms with Crippen molar-refractivity contribution < 1.29 is 4.74 Å². The van der Waals surface area contributed by atoms with Crippen molar-refractivity contribution in [3.05, 3.63) is 29.3 Å². The molecule has 18 heavy (non-hydrogen) atoms. The molecule has 0 aromatic heterocycles. The molecule has 0 aliphatic rings. The van der Waals surface area contributed by atoms with Crippen LogP contribution in [-0.4, -0.2) is 19.7 Å². The molecule has 1 rings (SSSR count). The van der Waals surface area contributed by atoms with E-state index >= 15 is 0 Å². The molecule has 1 aromatic carbocycles. The molecule has 0 unspecified atom stereocenters. The highest BCUT2D eigenvalue weighted by Gasteiger charge is 1.98. The highest BCUT2D eigenvalue weighted by atomic mass is 16.5. The molecule has 1 N–H and O–H groups in total. The molecule has 0 radical (unpaired) electrons. The molecule has 0 saturated heterocycles. The average molecular weight is 249 g/mol. The minimum Gasteiger partial charge on any atom is -0.492 e. The van der Waals surface area contributed by atoms with Crippen molar-refractivity contribution >= 4 is 0 Å². The van der Waals surface area contributed by atoms with Crippen molar-refractivity contribution in [1.29, 1.82) is 0 Å². The molecule has 0 aliphatic carbocycles. The van der Waals surface area contributed by atoms with Gasteiger partial charge in [-0.1, -0.05) is 43.9 Å². The Morgan fingerprint density at radius 2 is 1.89 bits per heavy atom. The third-order valence-corrected chi connectivity index (χ3v) is 3.07. The zero-order valence-electron chi connectivity index (χ0n) is 12.1. The largest absolute Gasteiger partial charge is 0.492 e. The lowest BCUT2D eigenvalue weighted by Gasteiger charge is -2.10. The van der Waals surface area contributed by atoms with Crippen molar-refractivity contribution in [2.75, 3.05) is 19.7 Å². The number of nitrogens with one attached hydrogen (secondary N) is 1. The van der Waals surface area contributed by atoms with Crippen LogP contribution in [0.15, 0.2) is 18.2 Å². The summed E-state index contributed by atoms with van der Waals surface area (Å²) in [6.07, 6.45) is 5.26. The smallest absolute Gasteiger partial charge is 0.122 e. The van der Waals surface area contributed by atoms with Gasteiger partial charge in [-0.25, -0.2) is 0 Å². The lowest BCUT2D eigenvalue weighted by atomic mass is 10.1. The van der Waals surface area contributed by atoms with Crippen molar-refractivity contribution in [3.63, 3.8) is 0 Å². The van der Waals surface area contributed by atoms with Gasteiger partial charge in [0, 0.05) is 6.54 Å². The molecule has 102 valence electrons. The second kappa shape index (κ2) is 8.98. The Balaban J connectivity index is 2.07. The van der Waals surface area contributed by atoms with Crippen LogP contribution in [0.4, 0.5) is 0 Å². The minimum absolute atomic E-state index is 0.748. The molecular formula is C16H27NO. The topological polar surface area (TPSA) is 21.3 Å². The predicted molar refractivity (Wildman–Crippen MR) is 78.4 cm³/mol. The van der Waals surface area contributed by atoms with E-state index in [-0.39, 0.29) is 0 Å². The van der Waals surface area contributed by atoms with E-state index in [0.717, 1.165) is 25.4 Å². The van der Waals surface area contributed by atoms with E-state index < -0.39 is 0 Å². The first kappa shape index (κ1) is 15.0. The van der Waals surface area contributed by atoms with E-state index in [1.807, 2.05) is 0 Å². The highest BCUT2D eigenvalue weighted by Crippen LogP contribution is 2.18. The van der Waals surface area contributed by atoms with Gasteiger partial charge in [-0.05, 0) is 38.4 Å². The predicted octanol–water partition coefficient (Wildman–Crippen LogP) is 3.85. The molecule has 0 spiro atoms. The molecule has 2 heteroatoms. The second-order valence-electron chi connectivity index (χ2n) is 4.93. The Morgan fingerprint density at radius 1 is 1.06 bits per heavy atom. The number of unbranched alkanes of at least 4 members (excludes halogenated alkanes) is 3. The number of hydrogen-bond acceptors (Lipinski definition) is 2. The molecule has 0 bridgehead atoms. The molecule has 0 amide bonds. The Labute approximate surface area is 112 Å². The number of benzene rings is 1. The van der Waals surface area contributed by atoms with Gasteiger partial charge in [-0.3, -0.25) is 0 Å². The maximum absolute atomic E-state index is 5.76. The molecule has 0 aliphatic heterocycles. The maximum Gasteiger partial charge on any atom is 0.122 e. The average Bonchev–Trinajstić information content (AvgIpc) is 2.35. The van der Waals surface area contributed by atoms with Gasteiger partial charge in [0.25, 0.3) is 0 Å². The van der Waals surface area contributed by atoms with Crippen molar-refractivity contribution in [3.8, 4) is 5.75 Å². The number of aryl methyl sites for hydroxylation is 2. The summed E-state index contributed by atoms with van der Waals surface area (Å²) in [5.41, 5.74) is 2.51. The van der Waals surface area contributed by atoms with Gasteiger partial charge < -0.3 is 10.1 Å². The van der Waals surface area contributed by atoms with Gasteiger partial charge in [0.15, 0.2) is 0 Å². The number of rotatable bonds is 9. The number of ether oxygens (including phenoxy) is 1. The lowest BCUT2D eigenvalue weighted by molar-refractivity contribution is 0.311. The summed E-state index contributed by atoms with van der Waals surface area (Å²) in [4.78, 5) is 0. The fourth-order valence-electron chi connectivity index (χ4n) is 2.00. The second-order valence-corrected chi connectivity index (χ2v) is 4.93. The van der Waals surface area contributed by atoms with Crippen LogP contribution in [0.25, 0.3) is 0 Å². The third kappa shape index (κ3) is 6.06. The summed E-state index contributed by atoms with van der Waals surface area (Å²) in [6, 6.07) is 6.32. The van der Waals surface area contributed by atoms with Crippen LogP contribution in [0.1, 0.15) is 43.7 Å². The summed E-state index contributed by atoms with van der Waals surface area (Å²) >= 11 is 0. The quantitative estimate of drug-likeness (QED) is 0.671. The minimum atomic E-state index is 0.748. The van der Waals surface area contributed by atoms with Gasteiger partial charge in [0.2, 0.25) is 0 Å². The number of hydrogen-bond donors (Lipinski definition) is 1. The van der Waals surface area contributed by atoms with Crippen molar-refractivity contribution in [2.24, 2.45) is 0 Å². The normalized spacial score (nSPS) is 10.6. The molecule has 0 atom stereocenters. The summed E-state index contributed by atoms with van der Waals surface area (Å²) in [7, 11) is 0. The van der Waals surface area contributed by atoms with Gasteiger partial charge in [0.05, 0.1) is 0 Å².